The molecule has 3 atom stereocenters. The van der Waals surface area contributed by atoms with E-state index in [9.17, 15) is 24.0 Å². The van der Waals surface area contributed by atoms with Crippen LogP contribution in [0.1, 0.15) is 45.6 Å². The van der Waals surface area contributed by atoms with E-state index in [1.807, 2.05) is 54.6 Å². The van der Waals surface area contributed by atoms with Crippen molar-refractivity contribution < 1.29 is 24.0 Å². The highest BCUT2D eigenvalue weighted by atomic mass is 32.1. The van der Waals surface area contributed by atoms with Crippen molar-refractivity contribution >= 4 is 46.7 Å². The summed E-state index contributed by atoms with van der Waals surface area (Å²) in [5, 5.41) is 13.4. The molecule has 0 aliphatic rings. The number of hydrogen-bond donors (Lipinski definition) is 6. The number of nitrogens with one attached hydrogen (secondary N) is 5. The van der Waals surface area contributed by atoms with E-state index in [1.165, 1.54) is 13.8 Å². The normalized spacial score (nSPS) is 12.6. The number of hydrogen-bond acceptors (Lipinski definition) is 6. The Morgan fingerprint density at radius 1 is 0.714 bits per heavy atom. The zero-order valence-corrected chi connectivity index (χ0v) is 25.0. The fourth-order valence-corrected chi connectivity index (χ4v) is 4.28. The molecule has 0 saturated carbocycles. The molecule has 0 aliphatic carbocycles. The van der Waals surface area contributed by atoms with Gasteiger partial charge in [-0.25, -0.2) is 0 Å². The largest absolute Gasteiger partial charge is 0.380 e. The van der Waals surface area contributed by atoms with Crippen LogP contribution in [0.25, 0.3) is 11.1 Å². The van der Waals surface area contributed by atoms with Crippen molar-refractivity contribution in [1.29, 1.82) is 0 Å². The van der Waals surface area contributed by atoms with Gasteiger partial charge >= 0.3 is 0 Å². The lowest BCUT2D eigenvalue weighted by atomic mass is 9.99. The molecule has 0 unspecified atom stereocenters. The summed E-state index contributed by atoms with van der Waals surface area (Å²) in [7, 11) is 0. The molecule has 2 aromatic rings. The predicted molar refractivity (Wildman–Crippen MR) is 165 cm³/mol. The van der Waals surface area contributed by atoms with Crippen LogP contribution in [0.5, 0.6) is 0 Å². The van der Waals surface area contributed by atoms with Crippen LogP contribution in [0.15, 0.2) is 54.6 Å². The summed E-state index contributed by atoms with van der Waals surface area (Å²) in [6.07, 6.45) is 1.66. The zero-order chi connectivity index (χ0) is 31.1. The van der Waals surface area contributed by atoms with Gasteiger partial charge in [0.1, 0.15) is 18.1 Å². The zero-order valence-electron chi connectivity index (χ0n) is 24.2. The predicted octanol–water partition coefficient (Wildman–Crippen LogP) is 1.10. The Labute approximate surface area is 251 Å². The quantitative estimate of drug-likeness (QED) is 0.124. The smallest absolute Gasteiger partial charge is 0.243 e. The van der Waals surface area contributed by atoms with E-state index in [-0.39, 0.29) is 19.4 Å². The van der Waals surface area contributed by atoms with Crippen molar-refractivity contribution in [3.63, 3.8) is 0 Å². The Bertz CT molecular complexity index is 1240. The standard InChI is InChI=1S/C30H40N6O5S/c1-19(37)33-18-27(28(31)39)36-29(40)25(11-7-8-16-32-21(3)42)35-30(41)26(34-20(2)38)17-22-12-14-24(15-13-22)23-9-5-4-6-10-23/h4-6,9-10,12-15,25-27H,7-8,11,16-18H2,1-3H3,(H2,31,39)(H,32,42)(H,33,37)(H,34,38)(H,35,41)(H,36,40)/t25-,26-,27-/m0/s1. The molecule has 0 fully saturated rings. The molecule has 226 valence electrons. The average Bonchev–Trinajstić information content (AvgIpc) is 2.94. The molecular formula is C30H40N6O5S. The second-order valence-corrected chi connectivity index (χ2v) is 10.6. The summed E-state index contributed by atoms with van der Waals surface area (Å²) in [4.78, 5) is 62.5. The van der Waals surface area contributed by atoms with Crippen molar-refractivity contribution in [3.8, 4) is 11.1 Å². The van der Waals surface area contributed by atoms with E-state index in [0.717, 1.165) is 16.7 Å². The first-order chi connectivity index (χ1) is 20.0. The van der Waals surface area contributed by atoms with Gasteiger partial charge in [0.05, 0.1) is 4.99 Å². The van der Waals surface area contributed by atoms with Crippen molar-refractivity contribution in [3.05, 3.63) is 60.2 Å². The van der Waals surface area contributed by atoms with Crippen LogP contribution in [0.2, 0.25) is 0 Å². The minimum atomic E-state index is -1.17. The van der Waals surface area contributed by atoms with Gasteiger partial charge in [0.25, 0.3) is 0 Å². The fraction of sp³-hybridized carbons (Fsp3) is 0.400. The van der Waals surface area contributed by atoms with Crippen LogP contribution in [-0.2, 0) is 30.4 Å². The van der Waals surface area contributed by atoms with Gasteiger partial charge in [0.15, 0.2) is 0 Å². The van der Waals surface area contributed by atoms with Crippen molar-refractivity contribution in [1.82, 2.24) is 26.6 Å². The van der Waals surface area contributed by atoms with Gasteiger partial charge in [-0.15, -0.1) is 0 Å². The van der Waals surface area contributed by atoms with Gasteiger partial charge in [-0.3, -0.25) is 24.0 Å². The van der Waals surface area contributed by atoms with E-state index >= 15 is 0 Å². The molecule has 11 nitrogen and oxygen atoms in total. The Kier molecular flexibility index (Phi) is 14.1. The number of thiocarbonyl (C=S) groups is 1. The van der Waals surface area contributed by atoms with Crippen LogP contribution in [0.3, 0.4) is 0 Å². The van der Waals surface area contributed by atoms with E-state index in [4.69, 9.17) is 18.0 Å². The number of carbonyl (C=O) groups excluding carboxylic acids is 5. The number of amides is 5. The van der Waals surface area contributed by atoms with E-state index in [0.29, 0.717) is 24.4 Å². The molecule has 7 N–H and O–H groups in total. The third-order valence-electron chi connectivity index (χ3n) is 6.34. The first kappa shape index (κ1) is 33.9. The van der Waals surface area contributed by atoms with Crippen molar-refractivity contribution in [2.45, 2.75) is 64.6 Å². The third-order valence-corrected chi connectivity index (χ3v) is 6.48. The lowest BCUT2D eigenvalue weighted by molar-refractivity contribution is -0.133. The maximum atomic E-state index is 13.4. The number of carbonyl (C=O) groups is 5. The van der Waals surface area contributed by atoms with Gasteiger partial charge in [-0.05, 0) is 42.9 Å². The maximum Gasteiger partial charge on any atom is 0.243 e. The molecule has 0 aliphatic heterocycles. The van der Waals surface area contributed by atoms with E-state index in [1.54, 1.807) is 6.92 Å². The Morgan fingerprint density at radius 3 is 1.88 bits per heavy atom. The number of nitrogens with two attached hydrogens (primary N) is 1. The molecule has 42 heavy (non-hydrogen) atoms. The van der Waals surface area contributed by atoms with Gasteiger partial charge in [-0.1, -0.05) is 66.8 Å². The second-order valence-electron chi connectivity index (χ2n) is 9.96. The summed E-state index contributed by atoms with van der Waals surface area (Å²) in [6, 6.07) is 14.4. The highest BCUT2D eigenvalue weighted by Crippen LogP contribution is 2.20. The van der Waals surface area contributed by atoms with Crippen LogP contribution in [0.4, 0.5) is 0 Å². The van der Waals surface area contributed by atoms with Crippen LogP contribution < -0.4 is 32.3 Å². The minimum Gasteiger partial charge on any atom is -0.380 e. The number of unbranched alkanes of at least 4 members (excludes halogenated alkanes) is 1. The minimum absolute atomic E-state index is 0.192. The molecular weight excluding hydrogens is 556 g/mol. The fourth-order valence-electron chi connectivity index (χ4n) is 4.17. The van der Waals surface area contributed by atoms with Crippen LogP contribution in [-0.4, -0.2) is 65.7 Å². The lowest BCUT2D eigenvalue weighted by Crippen LogP contribution is -2.58. The van der Waals surface area contributed by atoms with Crippen molar-refractivity contribution in [2.75, 3.05) is 13.1 Å². The van der Waals surface area contributed by atoms with Crippen LogP contribution in [0, 0.1) is 0 Å². The molecule has 0 heterocycles. The highest BCUT2D eigenvalue weighted by molar-refractivity contribution is 7.80. The Morgan fingerprint density at radius 2 is 1.31 bits per heavy atom. The molecule has 0 spiro atoms. The SMILES string of the molecule is CC(=O)NC[C@H](NC(=O)[C@H](CCCCNC(C)=S)NC(=O)[C@H](Cc1ccc(-c2ccccc2)cc1)NC(C)=O)C(N)=O. The van der Waals surface area contributed by atoms with Gasteiger partial charge < -0.3 is 32.3 Å². The first-order valence-corrected chi connectivity index (χ1v) is 14.2. The first-order valence-electron chi connectivity index (χ1n) is 13.8. The van der Waals surface area contributed by atoms with Gasteiger partial charge in [0.2, 0.25) is 29.5 Å². The highest BCUT2D eigenvalue weighted by Gasteiger charge is 2.29. The number of primary amides is 1. The number of rotatable bonds is 16. The second kappa shape index (κ2) is 17.5. The summed E-state index contributed by atoms with van der Waals surface area (Å²) in [5.74, 6) is -2.81. The van der Waals surface area contributed by atoms with E-state index in [2.05, 4.69) is 26.6 Å². The molecule has 5 amide bonds. The van der Waals surface area contributed by atoms with Gasteiger partial charge in [-0.2, -0.15) is 0 Å². The summed E-state index contributed by atoms with van der Waals surface area (Å²) >= 11 is 5.02. The van der Waals surface area contributed by atoms with Crippen molar-refractivity contribution in [2.24, 2.45) is 5.73 Å². The molecule has 2 rings (SSSR count). The molecule has 2 aromatic carbocycles. The molecule has 12 heteroatoms. The molecule has 0 aromatic heterocycles. The summed E-state index contributed by atoms with van der Waals surface area (Å²) < 4.78 is 0. The topological polar surface area (TPSA) is 172 Å². The third kappa shape index (κ3) is 12.5. The van der Waals surface area contributed by atoms with Crippen LogP contribution >= 0.6 is 12.2 Å². The Hall–Kier alpha value is -4.32. The summed E-state index contributed by atoms with van der Waals surface area (Å²) in [5.41, 5.74) is 8.30. The average molecular weight is 597 g/mol. The lowest BCUT2D eigenvalue weighted by Gasteiger charge is -2.25. The summed E-state index contributed by atoms with van der Waals surface area (Å²) in [6.45, 7) is 4.76. The monoisotopic (exact) mass is 596 g/mol. The van der Waals surface area contributed by atoms with E-state index < -0.39 is 47.7 Å². The van der Waals surface area contributed by atoms with Gasteiger partial charge in [0, 0.05) is 33.4 Å². The maximum absolute atomic E-state index is 13.4. The molecule has 0 radical (unpaired) electrons. The number of benzene rings is 2. The molecule has 0 bridgehead atoms. The molecule has 0 saturated heterocycles. The Balaban J connectivity index is 2.17.